The SMILES string of the molecule is Nc1ccc([N+](=O)[O-])cc1COc1cccnc1[N+](=O)[O-]. The number of nitro benzene ring substituents is 1. The largest absolute Gasteiger partial charge is 0.481 e. The number of nitrogen functional groups attached to an aromatic ring is 1. The number of ether oxygens (including phenoxy) is 1. The van der Waals surface area contributed by atoms with Gasteiger partial charge in [0.1, 0.15) is 12.8 Å². The molecular formula is C12H10N4O5. The third-order valence-electron chi connectivity index (χ3n) is 2.64. The van der Waals surface area contributed by atoms with E-state index in [2.05, 4.69) is 4.98 Å². The molecule has 0 atom stereocenters. The first-order valence-electron chi connectivity index (χ1n) is 5.74. The average Bonchev–Trinajstić information content (AvgIpc) is 2.46. The summed E-state index contributed by atoms with van der Waals surface area (Å²) in [5, 5.41) is 21.5. The molecule has 0 saturated heterocycles. The van der Waals surface area contributed by atoms with E-state index < -0.39 is 15.7 Å². The Morgan fingerprint density at radius 3 is 2.62 bits per heavy atom. The molecule has 0 amide bonds. The maximum absolute atomic E-state index is 10.8. The Morgan fingerprint density at radius 1 is 1.19 bits per heavy atom. The van der Waals surface area contributed by atoms with E-state index in [0.29, 0.717) is 11.3 Å². The molecule has 1 heterocycles. The van der Waals surface area contributed by atoms with Crippen molar-refractivity contribution in [1.29, 1.82) is 0 Å². The minimum Gasteiger partial charge on any atom is -0.481 e. The molecule has 9 heteroatoms. The fraction of sp³-hybridized carbons (Fsp3) is 0.0833. The highest BCUT2D eigenvalue weighted by Gasteiger charge is 2.16. The van der Waals surface area contributed by atoms with Gasteiger partial charge in [0.2, 0.25) is 5.75 Å². The molecule has 9 nitrogen and oxygen atoms in total. The van der Waals surface area contributed by atoms with Crippen molar-refractivity contribution < 1.29 is 14.6 Å². The van der Waals surface area contributed by atoms with Crippen molar-refractivity contribution in [1.82, 2.24) is 4.98 Å². The summed E-state index contributed by atoms with van der Waals surface area (Å²) in [7, 11) is 0. The number of nitrogens with two attached hydrogens (primary N) is 1. The molecule has 21 heavy (non-hydrogen) atoms. The first kappa shape index (κ1) is 14.2. The number of rotatable bonds is 5. The lowest BCUT2D eigenvalue weighted by Crippen LogP contribution is -2.03. The molecule has 0 aliphatic rings. The van der Waals surface area contributed by atoms with Crippen molar-refractivity contribution >= 4 is 17.2 Å². The molecule has 0 aliphatic heterocycles. The summed E-state index contributed by atoms with van der Waals surface area (Å²) >= 11 is 0. The fourth-order valence-corrected chi connectivity index (χ4v) is 1.62. The van der Waals surface area contributed by atoms with E-state index in [-0.39, 0.29) is 18.0 Å². The lowest BCUT2D eigenvalue weighted by atomic mass is 10.1. The molecule has 1 aromatic heterocycles. The molecule has 1 aromatic carbocycles. The summed E-state index contributed by atoms with van der Waals surface area (Å²) in [6.07, 6.45) is 1.27. The Kier molecular flexibility index (Phi) is 3.93. The number of aromatic nitrogens is 1. The third-order valence-corrected chi connectivity index (χ3v) is 2.64. The number of nitrogens with zero attached hydrogens (tertiary/aromatic N) is 3. The van der Waals surface area contributed by atoms with E-state index in [0.717, 1.165) is 0 Å². The maximum atomic E-state index is 10.8. The summed E-state index contributed by atoms with van der Waals surface area (Å²) in [6.45, 7) is -0.139. The molecule has 108 valence electrons. The summed E-state index contributed by atoms with van der Waals surface area (Å²) in [6, 6.07) is 6.79. The number of benzene rings is 1. The zero-order valence-corrected chi connectivity index (χ0v) is 10.6. The number of hydrogen-bond donors (Lipinski definition) is 1. The molecule has 0 unspecified atom stereocenters. The van der Waals surface area contributed by atoms with E-state index in [4.69, 9.17) is 10.5 Å². The van der Waals surface area contributed by atoms with Crippen molar-refractivity contribution in [3.63, 3.8) is 0 Å². The molecule has 2 rings (SSSR count). The smallest absolute Gasteiger partial charge is 0.406 e. The van der Waals surface area contributed by atoms with Gasteiger partial charge in [-0.25, -0.2) is 0 Å². The topological polar surface area (TPSA) is 134 Å². The third kappa shape index (κ3) is 3.21. The monoisotopic (exact) mass is 290 g/mol. The van der Waals surface area contributed by atoms with Gasteiger partial charge in [-0.15, -0.1) is 0 Å². The number of hydrogen-bond acceptors (Lipinski definition) is 7. The zero-order chi connectivity index (χ0) is 15.4. The highest BCUT2D eigenvalue weighted by molar-refractivity contribution is 5.52. The molecule has 0 spiro atoms. The second-order valence-corrected chi connectivity index (χ2v) is 4.01. The molecule has 2 aromatic rings. The lowest BCUT2D eigenvalue weighted by molar-refractivity contribution is -0.390. The van der Waals surface area contributed by atoms with Crippen molar-refractivity contribution in [2.24, 2.45) is 0 Å². The Morgan fingerprint density at radius 2 is 1.95 bits per heavy atom. The second-order valence-electron chi connectivity index (χ2n) is 4.01. The molecule has 0 aliphatic carbocycles. The van der Waals surface area contributed by atoms with E-state index in [1.807, 2.05) is 0 Å². The Hall–Kier alpha value is -3.23. The molecule has 2 N–H and O–H groups in total. The number of nitro groups is 2. The van der Waals surface area contributed by atoms with E-state index in [1.165, 1.54) is 36.5 Å². The Labute approximate surface area is 118 Å². The second kappa shape index (κ2) is 5.82. The van der Waals surface area contributed by atoms with Gasteiger partial charge in [0, 0.05) is 23.4 Å². The molecule has 0 radical (unpaired) electrons. The predicted octanol–water partition coefficient (Wildman–Crippen LogP) is 2.06. The summed E-state index contributed by atoms with van der Waals surface area (Å²) in [4.78, 5) is 23.9. The van der Waals surface area contributed by atoms with Crippen LogP contribution in [0.15, 0.2) is 36.5 Å². The van der Waals surface area contributed by atoms with Crippen LogP contribution < -0.4 is 10.5 Å². The van der Waals surface area contributed by atoms with Crippen LogP contribution in [0.1, 0.15) is 5.56 Å². The van der Waals surface area contributed by atoms with Crippen molar-refractivity contribution in [2.75, 3.05) is 5.73 Å². The normalized spacial score (nSPS) is 10.1. The lowest BCUT2D eigenvalue weighted by Gasteiger charge is -2.08. The average molecular weight is 290 g/mol. The maximum Gasteiger partial charge on any atom is 0.406 e. The summed E-state index contributed by atoms with van der Waals surface area (Å²) < 4.78 is 5.29. The molecule has 0 saturated carbocycles. The van der Waals surface area contributed by atoms with Crippen LogP contribution in [0.5, 0.6) is 5.75 Å². The minimum absolute atomic E-state index is 0.0339. The van der Waals surface area contributed by atoms with Crippen LogP contribution in [0, 0.1) is 20.2 Å². The van der Waals surface area contributed by atoms with E-state index in [1.54, 1.807) is 0 Å². The van der Waals surface area contributed by atoms with Gasteiger partial charge >= 0.3 is 5.82 Å². The van der Waals surface area contributed by atoms with Gasteiger partial charge in [-0.1, -0.05) is 0 Å². The van der Waals surface area contributed by atoms with Gasteiger partial charge < -0.3 is 20.6 Å². The van der Waals surface area contributed by atoms with Crippen LogP contribution in [0.2, 0.25) is 0 Å². The quantitative estimate of drug-likeness (QED) is 0.505. The van der Waals surface area contributed by atoms with Crippen LogP contribution >= 0.6 is 0 Å². The van der Waals surface area contributed by atoms with Crippen LogP contribution in [0.4, 0.5) is 17.2 Å². The van der Waals surface area contributed by atoms with Crippen molar-refractivity contribution in [3.05, 3.63) is 62.3 Å². The molecule has 0 fully saturated rings. The fourth-order valence-electron chi connectivity index (χ4n) is 1.62. The van der Waals surface area contributed by atoms with Gasteiger partial charge in [0.25, 0.3) is 5.69 Å². The number of pyridine rings is 1. The molecule has 0 bridgehead atoms. The van der Waals surface area contributed by atoms with Crippen molar-refractivity contribution in [2.45, 2.75) is 6.61 Å². The van der Waals surface area contributed by atoms with Gasteiger partial charge in [-0.3, -0.25) is 10.1 Å². The highest BCUT2D eigenvalue weighted by atomic mass is 16.6. The van der Waals surface area contributed by atoms with Crippen LogP contribution in [0.3, 0.4) is 0 Å². The number of non-ortho nitro benzene ring substituents is 1. The summed E-state index contributed by atoms with van der Waals surface area (Å²) in [5.41, 5.74) is 6.23. The minimum atomic E-state index is -0.674. The molecular weight excluding hydrogens is 280 g/mol. The van der Waals surface area contributed by atoms with Gasteiger partial charge in [-0.2, -0.15) is 0 Å². The van der Waals surface area contributed by atoms with Crippen LogP contribution in [-0.2, 0) is 6.61 Å². The zero-order valence-electron chi connectivity index (χ0n) is 10.6. The van der Waals surface area contributed by atoms with E-state index in [9.17, 15) is 20.2 Å². The van der Waals surface area contributed by atoms with Crippen LogP contribution in [0.25, 0.3) is 0 Å². The van der Waals surface area contributed by atoms with Gasteiger partial charge in [-0.05, 0) is 28.1 Å². The predicted molar refractivity (Wildman–Crippen MR) is 72.7 cm³/mol. The summed E-state index contributed by atoms with van der Waals surface area (Å²) in [5.74, 6) is -0.463. The van der Waals surface area contributed by atoms with Crippen molar-refractivity contribution in [3.8, 4) is 5.75 Å². The first-order chi connectivity index (χ1) is 9.99. The Bertz CT molecular complexity index is 704. The van der Waals surface area contributed by atoms with Gasteiger partial charge in [0.15, 0.2) is 0 Å². The Balaban J connectivity index is 2.22. The van der Waals surface area contributed by atoms with Gasteiger partial charge in [0.05, 0.1) is 4.92 Å². The van der Waals surface area contributed by atoms with Crippen LogP contribution in [-0.4, -0.2) is 14.8 Å². The number of anilines is 1. The first-order valence-corrected chi connectivity index (χ1v) is 5.74. The van der Waals surface area contributed by atoms with E-state index >= 15 is 0 Å². The standard InChI is InChI=1S/C12H10N4O5/c13-10-4-3-9(15(17)18)6-8(10)7-21-11-2-1-5-14-12(11)16(19)20/h1-6H,7,13H2. The highest BCUT2D eigenvalue weighted by Crippen LogP contribution is 2.26.